The minimum atomic E-state index is 0.0562. The molecule has 2 N–H and O–H groups in total. The van der Waals surface area contributed by atoms with E-state index in [-0.39, 0.29) is 5.54 Å². The van der Waals surface area contributed by atoms with E-state index in [0.29, 0.717) is 6.10 Å². The summed E-state index contributed by atoms with van der Waals surface area (Å²) < 4.78 is 11.1. The molecule has 2 fully saturated rings. The molecule has 0 amide bonds. The zero-order valence-electron chi connectivity index (χ0n) is 15.1. The van der Waals surface area contributed by atoms with Crippen molar-refractivity contribution in [3.63, 3.8) is 0 Å². The smallest absolute Gasteiger partial charge is 0.191 e. The Kier molecular flexibility index (Phi) is 7.59. The molecule has 6 heteroatoms. The second-order valence-electron chi connectivity index (χ2n) is 6.96. The molecule has 2 aliphatic rings. The van der Waals surface area contributed by atoms with E-state index in [9.17, 15) is 0 Å². The molecule has 0 aromatic carbocycles. The van der Waals surface area contributed by atoms with Crippen molar-refractivity contribution in [2.45, 2.75) is 51.7 Å². The lowest BCUT2D eigenvalue weighted by atomic mass is 10.0. The van der Waals surface area contributed by atoms with Gasteiger partial charge in [-0.05, 0) is 40.0 Å². The molecule has 0 spiro atoms. The van der Waals surface area contributed by atoms with Crippen molar-refractivity contribution in [3.05, 3.63) is 0 Å². The molecule has 2 aliphatic heterocycles. The summed E-state index contributed by atoms with van der Waals surface area (Å²) in [6, 6.07) is 0. The van der Waals surface area contributed by atoms with Crippen LogP contribution < -0.4 is 10.6 Å². The number of morpholine rings is 1. The highest BCUT2D eigenvalue weighted by molar-refractivity contribution is 5.79. The maximum Gasteiger partial charge on any atom is 0.191 e. The van der Waals surface area contributed by atoms with Gasteiger partial charge in [0.1, 0.15) is 0 Å². The average Bonchev–Trinajstić information content (AvgIpc) is 3.07. The molecule has 1 unspecified atom stereocenters. The summed E-state index contributed by atoms with van der Waals surface area (Å²) in [6.07, 6.45) is 3.87. The average molecular weight is 326 g/mol. The van der Waals surface area contributed by atoms with Crippen molar-refractivity contribution in [3.8, 4) is 0 Å². The first-order chi connectivity index (χ1) is 11.1. The second-order valence-corrected chi connectivity index (χ2v) is 6.96. The van der Waals surface area contributed by atoms with Gasteiger partial charge in [-0.2, -0.15) is 0 Å². The van der Waals surface area contributed by atoms with Gasteiger partial charge in [0, 0.05) is 38.3 Å². The summed E-state index contributed by atoms with van der Waals surface area (Å²) in [7, 11) is 0. The summed E-state index contributed by atoms with van der Waals surface area (Å²) in [5, 5.41) is 6.78. The van der Waals surface area contributed by atoms with Crippen molar-refractivity contribution in [1.82, 2.24) is 15.5 Å². The molecule has 0 aliphatic carbocycles. The van der Waals surface area contributed by atoms with Crippen LogP contribution in [-0.2, 0) is 9.47 Å². The maximum absolute atomic E-state index is 5.67. The molecule has 0 aromatic rings. The van der Waals surface area contributed by atoms with Crippen LogP contribution in [-0.4, -0.2) is 75.0 Å². The van der Waals surface area contributed by atoms with Crippen LogP contribution in [0.25, 0.3) is 0 Å². The molecule has 23 heavy (non-hydrogen) atoms. The van der Waals surface area contributed by atoms with Crippen LogP contribution in [0.15, 0.2) is 4.99 Å². The molecular formula is C17H34N4O2. The monoisotopic (exact) mass is 326 g/mol. The van der Waals surface area contributed by atoms with Crippen molar-refractivity contribution in [1.29, 1.82) is 0 Å². The fourth-order valence-electron chi connectivity index (χ4n) is 3.11. The Labute approximate surface area is 141 Å². The lowest BCUT2D eigenvalue weighted by Gasteiger charge is -2.39. The molecule has 2 saturated heterocycles. The summed E-state index contributed by atoms with van der Waals surface area (Å²) in [5.41, 5.74) is 0.0562. The summed E-state index contributed by atoms with van der Waals surface area (Å²) in [5.74, 6) is 0.909. The number of hydrogen-bond acceptors (Lipinski definition) is 4. The van der Waals surface area contributed by atoms with Crippen LogP contribution in [0.1, 0.15) is 40.0 Å². The lowest BCUT2D eigenvalue weighted by molar-refractivity contribution is -0.00683. The molecule has 0 bridgehead atoms. The molecule has 0 saturated carbocycles. The normalized spacial score (nSPS) is 24.0. The van der Waals surface area contributed by atoms with Crippen LogP contribution in [0.3, 0.4) is 0 Å². The van der Waals surface area contributed by atoms with Crippen molar-refractivity contribution in [2.24, 2.45) is 4.99 Å². The highest BCUT2D eigenvalue weighted by Gasteiger charge is 2.28. The Morgan fingerprint density at radius 2 is 2.00 bits per heavy atom. The van der Waals surface area contributed by atoms with Gasteiger partial charge in [0.2, 0.25) is 0 Å². The molecule has 2 rings (SSSR count). The quantitative estimate of drug-likeness (QED) is 0.544. The number of guanidine groups is 1. The van der Waals surface area contributed by atoms with Crippen LogP contribution >= 0.6 is 0 Å². The van der Waals surface area contributed by atoms with Gasteiger partial charge in [-0.1, -0.05) is 0 Å². The van der Waals surface area contributed by atoms with Crippen LogP contribution in [0.2, 0.25) is 0 Å². The molecule has 1 atom stereocenters. The fourth-order valence-corrected chi connectivity index (χ4v) is 3.11. The molecule has 6 nitrogen and oxygen atoms in total. The third-order valence-corrected chi connectivity index (χ3v) is 4.62. The Bertz CT molecular complexity index is 362. The predicted molar refractivity (Wildman–Crippen MR) is 94.0 cm³/mol. The van der Waals surface area contributed by atoms with Gasteiger partial charge in [-0.25, -0.2) is 0 Å². The zero-order valence-corrected chi connectivity index (χ0v) is 15.1. The molecule has 134 valence electrons. The van der Waals surface area contributed by atoms with Crippen molar-refractivity contribution >= 4 is 5.96 Å². The first kappa shape index (κ1) is 18.5. The fraction of sp³-hybridized carbons (Fsp3) is 0.941. The Hall–Kier alpha value is -0.850. The van der Waals surface area contributed by atoms with E-state index in [4.69, 9.17) is 14.5 Å². The van der Waals surface area contributed by atoms with E-state index in [1.54, 1.807) is 0 Å². The first-order valence-electron chi connectivity index (χ1n) is 9.08. The van der Waals surface area contributed by atoms with Crippen LogP contribution in [0.5, 0.6) is 0 Å². The molecule has 2 heterocycles. The number of nitrogens with zero attached hydrogens (tertiary/aromatic N) is 2. The lowest BCUT2D eigenvalue weighted by Crippen LogP contribution is -2.52. The Morgan fingerprint density at radius 1 is 1.22 bits per heavy atom. The molecule has 0 radical (unpaired) electrons. The number of aliphatic imine (C=N–C) groups is 1. The van der Waals surface area contributed by atoms with Gasteiger partial charge >= 0.3 is 0 Å². The minimum absolute atomic E-state index is 0.0562. The highest BCUT2D eigenvalue weighted by atomic mass is 16.5. The summed E-state index contributed by atoms with van der Waals surface area (Å²) in [6.45, 7) is 13.8. The number of rotatable bonds is 7. The Balaban J connectivity index is 1.78. The third kappa shape index (κ3) is 6.28. The van der Waals surface area contributed by atoms with Crippen LogP contribution in [0, 0.1) is 0 Å². The van der Waals surface area contributed by atoms with Gasteiger partial charge in [-0.15, -0.1) is 0 Å². The number of ether oxygens (including phenoxy) is 2. The largest absolute Gasteiger partial charge is 0.379 e. The van der Waals surface area contributed by atoms with E-state index < -0.39 is 0 Å². The Morgan fingerprint density at radius 3 is 2.65 bits per heavy atom. The van der Waals surface area contributed by atoms with Crippen LogP contribution in [0.4, 0.5) is 0 Å². The number of nitrogens with one attached hydrogen (secondary N) is 2. The minimum Gasteiger partial charge on any atom is -0.379 e. The molecule has 0 aromatic heterocycles. The first-order valence-corrected chi connectivity index (χ1v) is 9.08. The van der Waals surface area contributed by atoms with Gasteiger partial charge in [0.05, 0.1) is 25.9 Å². The standard InChI is InChI=1S/C17H34N4O2/c1-4-18-16(19-8-7-15-6-5-11-23-15)20-14-17(2,3)21-9-12-22-13-10-21/h15H,4-14H2,1-3H3,(H2,18,19,20). The summed E-state index contributed by atoms with van der Waals surface area (Å²) >= 11 is 0. The van der Waals surface area contributed by atoms with E-state index in [1.807, 2.05) is 0 Å². The van der Waals surface area contributed by atoms with Gasteiger partial charge in [0.15, 0.2) is 5.96 Å². The molecular weight excluding hydrogens is 292 g/mol. The number of hydrogen-bond donors (Lipinski definition) is 2. The topological polar surface area (TPSA) is 58.1 Å². The van der Waals surface area contributed by atoms with Crippen molar-refractivity contribution in [2.75, 3.05) is 52.5 Å². The van der Waals surface area contributed by atoms with Crippen molar-refractivity contribution < 1.29 is 9.47 Å². The maximum atomic E-state index is 5.67. The van der Waals surface area contributed by atoms with E-state index in [1.165, 1.54) is 12.8 Å². The SMILES string of the molecule is CCNC(=NCC(C)(C)N1CCOCC1)NCCC1CCCO1. The second kappa shape index (κ2) is 9.45. The summed E-state index contributed by atoms with van der Waals surface area (Å²) in [4.78, 5) is 7.26. The predicted octanol–water partition coefficient (Wildman–Crippen LogP) is 1.22. The van der Waals surface area contributed by atoms with E-state index in [2.05, 4.69) is 36.3 Å². The van der Waals surface area contributed by atoms with E-state index in [0.717, 1.165) is 64.9 Å². The van der Waals surface area contributed by atoms with E-state index >= 15 is 0 Å². The third-order valence-electron chi connectivity index (χ3n) is 4.62. The van der Waals surface area contributed by atoms with Gasteiger partial charge in [0.25, 0.3) is 0 Å². The van der Waals surface area contributed by atoms with Gasteiger partial charge in [-0.3, -0.25) is 9.89 Å². The highest BCUT2D eigenvalue weighted by Crippen LogP contribution is 2.16. The van der Waals surface area contributed by atoms with Gasteiger partial charge < -0.3 is 20.1 Å². The zero-order chi connectivity index (χ0) is 16.5.